The quantitative estimate of drug-likeness (QED) is 0.357. The maximum atomic E-state index is 11.9. The van der Waals surface area contributed by atoms with Crippen molar-refractivity contribution in [3.63, 3.8) is 0 Å². The third kappa shape index (κ3) is 6.03. The summed E-state index contributed by atoms with van der Waals surface area (Å²) < 4.78 is 4.78. The first-order chi connectivity index (χ1) is 10.5. The van der Waals surface area contributed by atoms with E-state index in [0.29, 0.717) is 0 Å². The van der Waals surface area contributed by atoms with Gasteiger partial charge in [-0.1, -0.05) is 45.1 Å². The Morgan fingerprint density at radius 1 is 1.09 bits per heavy atom. The molecule has 4 N–H and O–H groups in total. The molecule has 22 heavy (non-hydrogen) atoms. The molecule has 0 saturated carbocycles. The maximum absolute atomic E-state index is 11.9. The van der Waals surface area contributed by atoms with Crippen LogP contribution in [0.5, 0.6) is 0 Å². The van der Waals surface area contributed by atoms with Crippen molar-refractivity contribution in [1.82, 2.24) is 0 Å². The van der Waals surface area contributed by atoms with Gasteiger partial charge in [0.15, 0.2) is 12.4 Å². The molecule has 1 unspecified atom stereocenters. The summed E-state index contributed by atoms with van der Waals surface area (Å²) in [6.07, 6.45) is 3.61. The first-order valence-electron chi connectivity index (χ1n) is 7.87. The Balaban J connectivity index is 2.25. The summed E-state index contributed by atoms with van der Waals surface area (Å²) in [4.78, 5) is 21.7. The minimum Gasteiger partial charge on any atom is -0.387 e. The minimum atomic E-state index is -2.07. The fraction of sp³-hybridized carbons (Fsp3) is 0.800. The first kappa shape index (κ1) is 19.7. The van der Waals surface area contributed by atoms with E-state index < -0.39 is 38.3 Å². The molecule has 0 spiro atoms. The van der Waals surface area contributed by atoms with Gasteiger partial charge >= 0.3 is 0 Å². The van der Waals surface area contributed by atoms with Gasteiger partial charge in [-0.05, 0) is 18.7 Å². The molecule has 1 rings (SSSR count). The molecular weight excluding hydrogens is 307 g/mol. The molecule has 5 atom stereocenters. The number of hydrogen-bond donors (Lipinski definition) is 4. The Morgan fingerprint density at radius 3 is 2.32 bits per heavy atom. The molecule has 1 aliphatic heterocycles. The second-order valence-corrected chi connectivity index (χ2v) is 6.98. The summed E-state index contributed by atoms with van der Waals surface area (Å²) >= 11 is 0. The number of rotatable bonds is 10. The molecule has 0 amide bonds. The van der Waals surface area contributed by atoms with Crippen molar-refractivity contribution in [2.75, 3.05) is 0 Å². The second-order valence-electron chi connectivity index (χ2n) is 5.55. The molecule has 0 aliphatic carbocycles. The highest BCUT2D eigenvalue weighted by Crippen LogP contribution is 2.38. The number of unbranched alkanes of at least 4 members (excludes halogenated alkanes) is 6. The predicted octanol–water partition coefficient (Wildman–Crippen LogP) is 1.61. The minimum absolute atomic E-state index is 0.697. The van der Waals surface area contributed by atoms with Crippen LogP contribution < -0.4 is 0 Å². The van der Waals surface area contributed by atoms with E-state index in [4.69, 9.17) is 4.74 Å². The number of ether oxygens (including phenoxy) is 1. The average Bonchev–Trinajstić information content (AvgIpc) is 2.76. The fourth-order valence-corrected chi connectivity index (χ4v) is 3.25. The van der Waals surface area contributed by atoms with Crippen molar-refractivity contribution >= 4 is 13.7 Å². The molecule has 0 aromatic rings. The summed E-state index contributed by atoms with van der Waals surface area (Å²) in [5, 5.41) is 28.1. The molecule has 6 nitrogen and oxygen atoms in total. The van der Waals surface area contributed by atoms with Gasteiger partial charge in [0.25, 0.3) is 0 Å². The summed E-state index contributed by atoms with van der Waals surface area (Å²) in [6.45, 7) is 2.17. The van der Waals surface area contributed by atoms with Crippen molar-refractivity contribution in [2.24, 2.45) is 0 Å². The molecule has 0 aromatic heterocycles. The Hall–Kier alpha value is -0.360. The second kappa shape index (κ2) is 10.4. The molecule has 128 valence electrons. The maximum Gasteiger partial charge on any atom is 0.216 e. The zero-order valence-electron chi connectivity index (χ0n) is 13.0. The zero-order chi connectivity index (χ0) is 16.5. The molecule has 7 heteroatoms. The van der Waals surface area contributed by atoms with Gasteiger partial charge in [0, 0.05) is 0 Å². The van der Waals surface area contributed by atoms with Gasteiger partial charge in [0.05, 0.1) is 0 Å². The van der Waals surface area contributed by atoms with Crippen LogP contribution in [0.3, 0.4) is 0 Å². The van der Waals surface area contributed by atoms with E-state index >= 15 is 0 Å². The van der Waals surface area contributed by atoms with E-state index in [1.54, 1.807) is 6.08 Å². The van der Waals surface area contributed by atoms with E-state index in [1.807, 2.05) is 0 Å². The number of carbonyl (C=O) groups excluding carboxylic acids is 1. The van der Waals surface area contributed by atoms with Crippen LogP contribution in [-0.2, 0) is 9.53 Å². The van der Waals surface area contributed by atoms with Gasteiger partial charge in [0.2, 0.25) is 5.52 Å². The Kier molecular flexibility index (Phi) is 9.33. The Bertz CT molecular complexity index is 362. The van der Waals surface area contributed by atoms with E-state index in [1.165, 1.54) is 31.5 Å². The highest BCUT2D eigenvalue weighted by Gasteiger charge is 2.46. The Labute approximate surface area is 132 Å². The van der Waals surface area contributed by atoms with Crippen LogP contribution in [0.25, 0.3) is 0 Å². The third-order valence-corrected chi connectivity index (χ3v) is 4.88. The van der Waals surface area contributed by atoms with Crippen molar-refractivity contribution < 1.29 is 29.7 Å². The normalized spacial score (nSPS) is 30.0. The zero-order valence-corrected chi connectivity index (χ0v) is 13.9. The molecule has 1 fully saturated rings. The lowest BCUT2D eigenvalue weighted by Crippen LogP contribution is -2.35. The van der Waals surface area contributed by atoms with Gasteiger partial charge in [-0.15, -0.1) is 0 Å². The summed E-state index contributed by atoms with van der Waals surface area (Å²) in [7, 11) is -2.07. The van der Waals surface area contributed by atoms with E-state index in [-0.39, 0.29) is 0 Å². The number of allylic oxidation sites excluding steroid dienone is 1. The lowest BCUT2D eigenvalue weighted by molar-refractivity contribution is -0.143. The SMILES string of the molecule is CCCCCCCCC=CP(O)C(=O)[C@H]1O[C@@H](O)[C@@H](O)[C@@H]1O. The largest absolute Gasteiger partial charge is 0.387 e. The lowest BCUT2D eigenvalue weighted by atomic mass is 10.1. The van der Waals surface area contributed by atoms with E-state index in [2.05, 4.69) is 6.92 Å². The van der Waals surface area contributed by atoms with Gasteiger partial charge in [0.1, 0.15) is 20.4 Å². The average molecular weight is 334 g/mol. The smallest absolute Gasteiger partial charge is 0.216 e. The molecule has 1 saturated heterocycles. The van der Waals surface area contributed by atoms with Crippen molar-refractivity contribution in [3.8, 4) is 0 Å². The molecule has 1 aliphatic rings. The molecule has 0 radical (unpaired) electrons. The first-order valence-corrected chi connectivity index (χ1v) is 9.23. The van der Waals surface area contributed by atoms with Crippen LogP contribution in [0.1, 0.15) is 51.9 Å². The standard InChI is InChI=1S/C15H27O6P/c1-2-3-4-5-6-7-8-9-10-22(20)15(19)13-11(16)12(17)14(18)21-13/h9-14,16-18,20H,2-8H2,1H3/t11-,12-,13-,14+,22?/m0/s1. The molecule has 0 aromatic carbocycles. The monoisotopic (exact) mass is 334 g/mol. The van der Waals surface area contributed by atoms with Crippen LogP contribution in [0.15, 0.2) is 11.9 Å². The topological polar surface area (TPSA) is 107 Å². The van der Waals surface area contributed by atoms with Crippen LogP contribution in [0.4, 0.5) is 0 Å². The van der Waals surface area contributed by atoms with Crippen molar-refractivity contribution in [3.05, 3.63) is 11.9 Å². The predicted molar refractivity (Wildman–Crippen MR) is 84.2 cm³/mol. The summed E-state index contributed by atoms with van der Waals surface area (Å²) in [6, 6.07) is 0. The van der Waals surface area contributed by atoms with Gasteiger partial charge < -0.3 is 24.9 Å². The van der Waals surface area contributed by atoms with Crippen LogP contribution >= 0.6 is 8.15 Å². The van der Waals surface area contributed by atoms with E-state index in [0.717, 1.165) is 19.3 Å². The Morgan fingerprint density at radius 2 is 1.73 bits per heavy atom. The molecule has 0 bridgehead atoms. The molecule has 1 heterocycles. The highest BCUT2D eigenvalue weighted by atomic mass is 31.1. The van der Waals surface area contributed by atoms with Gasteiger partial charge in [-0.2, -0.15) is 0 Å². The summed E-state index contributed by atoms with van der Waals surface area (Å²) in [5.74, 6) is 1.43. The lowest BCUT2D eigenvalue weighted by Gasteiger charge is -2.14. The van der Waals surface area contributed by atoms with Gasteiger partial charge in [-0.25, -0.2) is 0 Å². The van der Waals surface area contributed by atoms with Crippen molar-refractivity contribution in [2.45, 2.75) is 76.5 Å². The fourth-order valence-electron chi connectivity index (χ4n) is 2.28. The van der Waals surface area contributed by atoms with Crippen LogP contribution in [0, 0.1) is 0 Å². The van der Waals surface area contributed by atoms with Crippen molar-refractivity contribution in [1.29, 1.82) is 0 Å². The van der Waals surface area contributed by atoms with Crippen LogP contribution in [-0.4, -0.2) is 50.3 Å². The highest BCUT2D eigenvalue weighted by molar-refractivity contribution is 7.72. The number of aliphatic hydroxyl groups is 3. The van der Waals surface area contributed by atoms with Gasteiger partial charge in [-0.3, -0.25) is 4.79 Å². The number of carbonyl (C=O) groups is 1. The molecular formula is C15H27O6P. The number of aliphatic hydroxyl groups excluding tert-OH is 3. The number of hydrogen-bond acceptors (Lipinski definition) is 6. The summed E-state index contributed by atoms with van der Waals surface area (Å²) in [5.41, 5.74) is -0.697. The van der Waals surface area contributed by atoms with Crippen LogP contribution in [0.2, 0.25) is 0 Å². The third-order valence-electron chi connectivity index (χ3n) is 3.68. The van der Waals surface area contributed by atoms with E-state index in [9.17, 15) is 25.0 Å².